The quantitative estimate of drug-likeness (QED) is 0.747. The minimum atomic E-state index is -0.243. The van der Waals surface area contributed by atoms with Gasteiger partial charge in [0.15, 0.2) is 0 Å². The first-order valence-corrected chi connectivity index (χ1v) is 4.52. The Morgan fingerprint density at radius 3 is 3.00 bits per heavy atom. The Labute approximate surface area is 87.3 Å². The van der Waals surface area contributed by atoms with Gasteiger partial charge in [-0.05, 0) is 18.2 Å². The highest BCUT2D eigenvalue weighted by Crippen LogP contribution is 2.23. The summed E-state index contributed by atoms with van der Waals surface area (Å²) in [7, 11) is 1.57. The van der Waals surface area contributed by atoms with E-state index in [0.29, 0.717) is 5.76 Å². The van der Waals surface area contributed by atoms with Crippen LogP contribution in [0.25, 0.3) is 10.8 Å². The number of fused-ring (bicyclic) bond motifs is 1. The molecule has 77 valence electrons. The molecule has 0 spiro atoms. The van der Waals surface area contributed by atoms with Crippen molar-refractivity contribution in [2.75, 3.05) is 12.4 Å². The van der Waals surface area contributed by atoms with Crippen molar-refractivity contribution in [3.8, 4) is 0 Å². The minimum Gasteiger partial charge on any atom is -0.468 e. The molecule has 0 atom stereocenters. The molecule has 0 bridgehead atoms. The standard InChI is InChI=1S/C11H11N2O2/c1-7-10-4-3-9(13-11(14)12-2)5-8(10)6-15-7/h3-6H,1H2,2H3,(H2,12,13,14). The van der Waals surface area contributed by atoms with Crippen LogP contribution < -0.4 is 10.6 Å². The van der Waals surface area contributed by atoms with E-state index in [1.807, 2.05) is 18.2 Å². The summed E-state index contributed by atoms with van der Waals surface area (Å²) in [5.41, 5.74) is 0.725. The predicted octanol–water partition coefficient (Wildman–Crippen LogP) is 2.37. The number of nitrogens with one attached hydrogen (secondary N) is 2. The normalized spacial score (nSPS) is 10.3. The average molecular weight is 203 g/mol. The number of hydrogen-bond acceptors (Lipinski definition) is 2. The van der Waals surface area contributed by atoms with E-state index in [1.54, 1.807) is 13.3 Å². The zero-order chi connectivity index (χ0) is 10.8. The molecule has 0 aliphatic rings. The third-order valence-electron chi connectivity index (χ3n) is 2.17. The Morgan fingerprint density at radius 1 is 1.47 bits per heavy atom. The van der Waals surface area contributed by atoms with Gasteiger partial charge in [0.05, 0.1) is 6.26 Å². The van der Waals surface area contributed by atoms with Crippen LogP contribution in [0, 0.1) is 6.92 Å². The fraction of sp³-hybridized carbons (Fsp3) is 0.0909. The van der Waals surface area contributed by atoms with Crippen LogP contribution in [0.15, 0.2) is 28.9 Å². The number of urea groups is 1. The zero-order valence-corrected chi connectivity index (χ0v) is 8.33. The van der Waals surface area contributed by atoms with Crippen molar-refractivity contribution in [2.24, 2.45) is 0 Å². The highest BCUT2D eigenvalue weighted by molar-refractivity contribution is 5.93. The molecule has 15 heavy (non-hydrogen) atoms. The fourth-order valence-electron chi connectivity index (χ4n) is 1.38. The molecule has 1 aromatic heterocycles. The minimum absolute atomic E-state index is 0.243. The molecule has 4 heteroatoms. The Balaban J connectivity index is 2.35. The molecule has 0 aliphatic carbocycles. The van der Waals surface area contributed by atoms with Gasteiger partial charge < -0.3 is 15.1 Å². The molecule has 0 saturated carbocycles. The lowest BCUT2D eigenvalue weighted by Gasteiger charge is -2.03. The van der Waals surface area contributed by atoms with Crippen molar-refractivity contribution in [1.82, 2.24) is 5.32 Å². The average Bonchev–Trinajstić information content (AvgIpc) is 2.60. The molecule has 2 N–H and O–H groups in total. The molecule has 1 radical (unpaired) electrons. The van der Waals surface area contributed by atoms with Crippen molar-refractivity contribution in [3.05, 3.63) is 37.1 Å². The SMILES string of the molecule is [CH2]c1occ2cc(NC(=O)NC)ccc12. The van der Waals surface area contributed by atoms with E-state index in [-0.39, 0.29) is 6.03 Å². The fourth-order valence-corrected chi connectivity index (χ4v) is 1.38. The smallest absolute Gasteiger partial charge is 0.318 e. The maximum Gasteiger partial charge on any atom is 0.318 e. The first-order chi connectivity index (χ1) is 7.20. The number of carbonyl (C=O) groups excluding carboxylic acids is 1. The van der Waals surface area contributed by atoms with E-state index in [1.165, 1.54) is 0 Å². The third kappa shape index (κ3) is 1.79. The number of benzene rings is 1. The maximum atomic E-state index is 11.1. The molecule has 0 aliphatic heterocycles. The van der Waals surface area contributed by atoms with Crippen molar-refractivity contribution in [3.63, 3.8) is 0 Å². The van der Waals surface area contributed by atoms with E-state index in [0.717, 1.165) is 16.5 Å². The van der Waals surface area contributed by atoms with Crippen LogP contribution in [0.2, 0.25) is 0 Å². The Bertz CT molecular complexity index is 502. The number of amides is 2. The van der Waals surface area contributed by atoms with E-state index in [4.69, 9.17) is 4.42 Å². The number of anilines is 1. The topological polar surface area (TPSA) is 54.3 Å². The number of hydrogen-bond donors (Lipinski definition) is 2. The van der Waals surface area contributed by atoms with Gasteiger partial charge in [-0.1, -0.05) is 0 Å². The summed E-state index contributed by atoms with van der Waals surface area (Å²) in [5.74, 6) is 0.636. The molecule has 2 amide bonds. The van der Waals surface area contributed by atoms with Crippen LogP contribution >= 0.6 is 0 Å². The monoisotopic (exact) mass is 203 g/mol. The predicted molar refractivity (Wildman–Crippen MR) is 58.8 cm³/mol. The van der Waals surface area contributed by atoms with Gasteiger partial charge >= 0.3 is 6.03 Å². The van der Waals surface area contributed by atoms with Gasteiger partial charge in [0.25, 0.3) is 0 Å². The Hall–Kier alpha value is -1.97. The number of furan rings is 1. The molecule has 0 saturated heterocycles. The van der Waals surface area contributed by atoms with Gasteiger partial charge in [-0.2, -0.15) is 0 Å². The summed E-state index contributed by atoms with van der Waals surface area (Å²) < 4.78 is 5.16. The summed E-state index contributed by atoms with van der Waals surface area (Å²) in [6.45, 7) is 3.75. The summed E-state index contributed by atoms with van der Waals surface area (Å²) in [6, 6.07) is 5.27. The van der Waals surface area contributed by atoms with E-state index in [2.05, 4.69) is 17.6 Å². The zero-order valence-electron chi connectivity index (χ0n) is 8.33. The van der Waals surface area contributed by atoms with Crippen LogP contribution in [-0.2, 0) is 0 Å². The number of rotatable bonds is 1. The first-order valence-electron chi connectivity index (χ1n) is 4.52. The third-order valence-corrected chi connectivity index (χ3v) is 2.17. The summed E-state index contributed by atoms with van der Waals surface area (Å²) in [4.78, 5) is 11.1. The van der Waals surface area contributed by atoms with Gasteiger partial charge in [-0.3, -0.25) is 0 Å². The van der Waals surface area contributed by atoms with Crippen LogP contribution in [0.5, 0.6) is 0 Å². The molecule has 4 nitrogen and oxygen atoms in total. The second-order valence-electron chi connectivity index (χ2n) is 3.17. The highest BCUT2D eigenvalue weighted by Gasteiger charge is 2.04. The molecule has 1 aromatic carbocycles. The van der Waals surface area contributed by atoms with E-state index in [9.17, 15) is 4.79 Å². The molecule has 2 rings (SSSR count). The Morgan fingerprint density at radius 2 is 2.27 bits per heavy atom. The van der Waals surface area contributed by atoms with Gasteiger partial charge in [0.1, 0.15) is 5.76 Å². The second kappa shape index (κ2) is 3.65. The second-order valence-corrected chi connectivity index (χ2v) is 3.17. The van der Waals surface area contributed by atoms with Crippen LogP contribution in [0.1, 0.15) is 5.76 Å². The van der Waals surface area contributed by atoms with E-state index >= 15 is 0 Å². The van der Waals surface area contributed by atoms with Gasteiger partial charge in [-0.15, -0.1) is 0 Å². The molecular formula is C11H11N2O2. The van der Waals surface area contributed by atoms with Gasteiger partial charge in [0, 0.05) is 30.4 Å². The number of carbonyl (C=O) groups is 1. The van der Waals surface area contributed by atoms with Crippen molar-refractivity contribution in [2.45, 2.75) is 0 Å². The molecule has 0 fully saturated rings. The lowest BCUT2D eigenvalue weighted by Crippen LogP contribution is -2.24. The van der Waals surface area contributed by atoms with Crippen molar-refractivity contribution >= 4 is 22.5 Å². The molecule has 0 unspecified atom stereocenters. The van der Waals surface area contributed by atoms with Crippen molar-refractivity contribution < 1.29 is 9.21 Å². The van der Waals surface area contributed by atoms with Crippen LogP contribution in [0.3, 0.4) is 0 Å². The van der Waals surface area contributed by atoms with E-state index < -0.39 is 0 Å². The molecular weight excluding hydrogens is 192 g/mol. The summed E-state index contributed by atoms with van der Waals surface area (Å²) >= 11 is 0. The van der Waals surface area contributed by atoms with Crippen molar-refractivity contribution in [1.29, 1.82) is 0 Å². The Kier molecular flexibility index (Phi) is 2.33. The lowest BCUT2D eigenvalue weighted by atomic mass is 10.2. The summed E-state index contributed by atoms with van der Waals surface area (Å²) in [6.07, 6.45) is 1.62. The first kappa shape index (κ1) is 9.58. The van der Waals surface area contributed by atoms with Crippen LogP contribution in [-0.4, -0.2) is 13.1 Å². The summed E-state index contributed by atoms with van der Waals surface area (Å²) in [5, 5.41) is 7.04. The largest absolute Gasteiger partial charge is 0.468 e. The lowest BCUT2D eigenvalue weighted by molar-refractivity contribution is 0.254. The highest BCUT2D eigenvalue weighted by atomic mass is 16.3. The van der Waals surface area contributed by atoms with Crippen LogP contribution in [0.4, 0.5) is 10.5 Å². The van der Waals surface area contributed by atoms with Gasteiger partial charge in [-0.25, -0.2) is 4.79 Å². The molecule has 1 heterocycles. The van der Waals surface area contributed by atoms with Gasteiger partial charge in [0.2, 0.25) is 0 Å². The maximum absolute atomic E-state index is 11.1. The molecule has 2 aromatic rings.